The van der Waals surface area contributed by atoms with Gasteiger partial charge < -0.3 is 10.6 Å². The molecule has 0 unspecified atom stereocenters. The van der Waals surface area contributed by atoms with Gasteiger partial charge in [0.05, 0.1) is 11.3 Å². The maximum atomic E-state index is 12.8. The lowest BCUT2D eigenvalue weighted by atomic mass is 10.1. The van der Waals surface area contributed by atoms with Crippen molar-refractivity contribution in [3.05, 3.63) is 52.3 Å². The molecular weight excluding hydrogens is 458 g/mol. The van der Waals surface area contributed by atoms with Gasteiger partial charge >= 0.3 is 6.18 Å². The highest BCUT2D eigenvalue weighted by Crippen LogP contribution is 2.29. The fourth-order valence-corrected chi connectivity index (χ4v) is 2.51. The molecule has 2 N–H and O–H groups in total. The molecule has 1 heterocycles. The van der Waals surface area contributed by atoms with Crippen LogP contribution in [0.25, 0.3) is 0 Å². The lowest BCUT2D eigenvalue weighted by Gasteiger charge is -2.13. The van der Waals surface area contributed by atoms with E-state index >= 15 is 0 Å². The molecule has 0 aliphatic heterocycles. The van der Waals surface area contributed by atoms with Gasteiger partial charge in [-0.05, 0) is 31.5 Å². The van der Waals surface area contributed by atoms with Crippen LogP contribution in [0.2, 0.25) is 0 Å². The van der Waals surface area contributed by atoms with E-state index in [0.29, 0.717) is 18.1 Å². The van der Waals surface area contributed by atoms with Crippen molar-refractivity contribution in [3.8, 4) is 0 Å². The zero-order valence-corrected chi connectivity index (χ0v) is 17.4. The largest absolute Gasteiger partial charge is 0.416 e. The van der Waals surface area contributed by atoms with E-state index in [1.54, 1.807) is 13.1 Å². The Morgan fingerprint density at radius 1 is 1.19 bits per heavy atom. The van der Waals surface area contributed by atoms with Crippen LogP contribution in [0.15, 0.2) is 29.3 Å². The van der Waals surface area contributed by atoms with Crippen molar-refractivity contribution in [2.75, 3.05) is 7.05 Å². The van der Waals surface area contributed by atoms with Gasteiger partial charge in [0.1, 0.15) is 0 Å². The van der Waals surface area contributed by atoms with Crippen LogP contribution < -0.4 is 10.6 Å². The van der Waals surface area contributed by atoms with E-state index in [-0.39, 0.29) is 30.5 Å². The fraction of sp³-hybridized carbons (Fsp3) is 0.412. The molecule has 2 aromatic rings. The molecular formula is C17H23F3IN5. The Morgan fingerprint density at radius 2 is 1.85 bits per heavy atom. The van der Waals surface area contributed by atoms with Crippen molar-refractivity contribution < 1.29 is 13.2 Å². The Labute approximate surface area is 168 Å². The number of hydrogen-bond acceptors (Lipinski definition) is 2. The SMILES string of the molecule is CN=C(NCc1cccc(C(F)(F)F)c1)NCc1c(C)nn(C)c1C.I. The standard InChI is InChI=1S/C17H22F3N5.HI/c1-11-15(12(2)25(4)24-11)10-23-16(21-3)22-9-13-6-5-7-14(8-13)17(18,19)20;/h5-8H,9-10H2,1-4H3,(H2,21,22,23);1H. The van der Waals surface area contributed by atoms with Gasteiger partial charge in [0.2, 0.25) is 0 Å². The molecule has 0 aliphatic carbocycles. The normalized spacial score (nSPS) is 11.9. The van der Waals surface area contributed by atoms with E-state index < -0.39 is 11.7 Å². The molecule has 0 bridgehead atoms. The van der Waals surface area contributed by atoms with Gasteiger partial charge in [-0.25, -0.2) is 0 Å². The van der Waals surface area contributed by atoms with E-state index in [1.165, 1.54) is 6.07 Å². The van der Waals surface area contributed by atoms with Crippen molar-refractivity contribution >= 4 is 29.9 Å². The molecule has 2 rings (SSSR count). The van der Waals surface area contributed by atoms with Crippen LogP contribution in [0.5, 0.6) is 0 Å². The highest BCUT2D eigenvalue weighted by molar-refractivity contribution is 14.0. The molecule has 0 saturated heterocycles. The number of nitrogens with zero attached hydrogens (tertiary/aromatic N) is 3. The highest BCUT2D eigenvalue weighted by atomic mass is 127. The molecule has 0 fully saturated rings. The number of alkyl halides is 3. The number of aliphatic imine (C=N–C) groups is 1. The van der Waals surface area contributed by atoms with Crippen LogP contribution in [0.4, 0.5) is 13.2 Å². The average Bonchev–Trinajstić information content (AvgIpc) is 2.80. The number of hydrogen-bond donors (Lipinski definition) is 2. The second kappa shape index (κ2) is 9.24. The van der Waals surface area contributed by atoms with Crippen molar-refractivity contribution in [1.82, 2.24) is 20.4 Å². The molecule has 26 heavy (non-hydrogen) atoms. The monoisotopic (exact) mass is 481 g/mol. The third-order valence-corrected chi connectivity index (χ3v) is 4.03. The smallest absolute Gasteiger partial charge is 0.352 e. The van der Waals surface area contributed by atoms with E-state index in [9.17, 15) is 13.2 Å². The predicted octanol–water partition coefficient (Wildman–Crippen LogP) is 3.54. The summed E-state index contributed by atoms with van der Waals surface area (Å²) in [4.78, 5) is 4.10. The molecule has 0 aliphatic rings. The van der Waals surface area contributed by atoms with E-state index in [4.69, 9.17) is 0 Å². The van der Waals surface area contributed by atoms with Gasteiger partial charge in [-0.3, -0.25) is 9.67 Å². The van der Waals surface area contributed by atoms with Crippen LogP contribution in [0.1, 0.15) is 28.1 Å². The minimum absolute atomic E-state index is 0. The molecule has 144 valence electrons. The number of aryl methyl sites for hydroxylation is 2. The van der Waals surface area contributed by atoms with Gasteiger partial charge in [0.15, 0.2) is 5.96 Å². The molecule has 9 heteroatoms. The summed E-state index contributed by atoms with van der Waals surface area (Å²) < 4.78 is 40.1. The molecule has 0 spiro atoms. The Hall–Kier alpha value is -1.78. The lowest BCUT2D eigenvalue weighted by Crippen LogP contribution is -2.36. The number of benzene rings is 1. The van der Waals surface area contributed by atoms with Crippen molar-refractivity contribution in [2.24, 2.45) is 12.0 Å². The molecule has 0 radical (unpaired) electrons. The lowest BCUT2D eigenvalue weighted by molar-refractivity contribution is -0.137. The van der Waals surface area contributed by atoms with Crippen LogP contribution in [-0.4, -0.2) is 22.8 Å². The number of halogens is 4. The zero-order valence-electron chi connectivity index (χ0n) is 15.1. The number of nitrogens with one attached hydrogen (secondary N) is 2. The number of aromatic nitrogens is 2. The van der Waals surface area contributed by atoms with Crippen LogP contribution in [0, 0.1) is 13.8 Å². The first-order valence-corrected chi connectivity index (χ1v) is 7.82. The molecule has 5 nitrogen and oxygen atoms in total. The number of rotatable bonds is 4. The Balaban J connectivity index is 0.00000338. The third kappa shape index (κ3) is 5.61. The van der Waals surface area contributed by atoms with Crippen LogP contribution in [0.3, 0.4) is 0 Å². The third-order valence-electron chi connectivity index (χ3n) is 4.03. The molecule has 1 aromatic carbocycles. The summed E-state index contributed by atoms with van der Waals surface area (Å²) in [5.74, 6) is 0.514. The maximum Gasteiger partial charge on any atom is 0.416 e. The first-order valence-electron chi connectivity index (χ1n) is 7.82. The molecule has 0 amide bonds. The van der Waals surface area contributed by atoms with E-state index in [2.05, 4.69) is 20.7 Å². The molecule has 0 saturated carbocycles. The Morgan fingerprint density at radius 3 is 2.38 bits per heavy atom. The topological polar surface area (TPSA) is 54.2 Å². The quantitative estimate of drug-likeness (QED) is 0.399. The molecule has 1 aromatic heterocycles. The van der Waals surface area contributed by atoms with Gasteiger partial charge in [-0.1, -0.05) is 12.1 Å². The first kappa shape index (κ1) is 22.3. The first-order chi connectivity index (χ1) is 11.7. The van der Waals surface area contributed by atoms with Crippen LogP contribution in [-0.2, 0) is 26.3 Å². The van der Waals surface area contributed by atoms with Gasteiger partial charge in [0, 0.05) is 38.4 Å². The summed E-state index contributed by atoms with van der Waals surface area (Å²) >= 11 is 0. The summed E-state index contributed by atoms with van der Waals surface area (Å²) in [7, 11) is 3.50. The summed E-state index contributed by atoms with van der Waals surface area (Å²) in [5, 5.41) is 10.5. The summed E-state index contributed by atoms with van der Waals surface area (Å²) in [6.07, 6.45) is -4.34. The second-order valence-corrected chi connectivity index (χ2v) is 5.75. The summed E-state index contributed by atoms with van der Waals surface area (Å²) in [6.45, 7) is 4.70. The predicted molar refractivity (Wildman–Crippen MR) is 107 cm³/mol. The van der Waals surface area contributed by atoms with E-state index in [0.717, 1.165) is 29.1 Å². The number of guanidine groups is 1. The minimum Gasteiger partial charge on any atom is -0.352 e. The fourth-order valence-electron chi connectivity index (χ4n) is 2.51. The van der Waals surface area contributed by atoms with E-state index in [1.807, 2.05) is 25.6 Å². The Bertz CT molecular complexity index is 768. The highest BCUT2D eigenvalue weighted by Gasteiger charge is 2.30. The minimum atomic E-state index is -4.34. The maximum absolute atomic E-state index is 12.8. The Kier molecular flexibility index (Phi) is 7.91. The van der Waals surface area contributed by atoms with Crippen molar-refractivity contribution in [2.45, 2.75) is 33.1 Å². The van der Waals surface area contributed by atoms with Crippen LogP contribution >= 0.6 is 24.0 Å². The molecule has 0 atom stereocenters. The van der Waals surface area contributed by atoms with Crippen molar-refractivity contribution in [1.29, 1.82) is 0 Å². The van der Waals surface area contributed by atoms with Gasteiger partial charge in [0.25, 0.3) is 0 Å². The summed E-state index contributed by atoms with van der Waals surface area (Å²) in [6, 6.07) is 5.24. The summed E-state index contributed by atoms with van der Waals surface area (Å²) in [5.41, 5.74) is 2.94. The zero-order chi connectivity index (χ0) is 18.6. The van der Waals surface area contributed by atoms with Crippen molar-refractivity contribution in [3.63, 3.8) is 0 Å². The average molecular weight is 481 g/mol. The van der Waals surface area contributed by atoms with Gasteiger partial charge in [-0.15, -0.1) is 24.0 Å². The second-order valence-electron chi connectivity index (χ2n) is 5.75. The van der Waals surface area contributed by atoms with Gasteiger partial charge in [-0.2, -0.15) is 18.3 Å².